The molecule has 0 unspecified atom stereocenters. The van der Waals surface area contributed by atoms with Crippen LogP contribution in [-0.4, -0.2) is 28.5 Å². The van der Waals surface area contributed by atoms with E-state index in [2.05, 4.69) is 10.1 Å². The molecule has 3 aromatic rings. The van der Waals surface area contributed by atoms with Crippen LogP contribution in [0.5, 0.6) is 5.75 Å². The van der Waals surface area contributed by atoms with Crippen molar-refractivity contribution in [2.45, 2.75) is 20.5 Å². The van der Waals surface area contributed by atoms with E-state index in [-0.39, 0.29) is 24.8 Å². The van der Waals surface area contributed by atoms with Crippen LogP contribution in [-0.2, 0) is 16.1 Å². The van der Waals surface area contributed by atoms with Gasteiger partial charge in [0, 0.05) is 11.1 Å². The average molecular weight is 366 g/mol. The summed E-state index contributed by atoms with van der Waals surface area (Å²) in [6.07, 6.45) is 0. The number of carbonyl (C=O) groups is 2. The van der Waals surface area contributed by atoms with Crippen LogP contribution in [0.3, 0.4) is 0 Å². The van der Waals surface area contributed by atoms with Gasteiger partial charge in [-0.15, -0.1) is 0 Å². The maximum atomic E-state index is 11.8. The lowest BCUT2D eigenvalue weighted by atomic mass is 10.1. The fourth-order valence-corrected chi connectivity index (χ4v) is 2.24. The van der Waals surface area contributed by atoms with Crippen LogP contribution >= 0.6 is 0 Å². The highest BCUT2D eigenvalue weighted by molar-refractivity contribution is 5.94. The van der Waals surface area contributed by atoms with E-state index in [9.17, 15) is 9.59 Å². The number of esters is 1. The van der Waals surface area contributed by atoms with E-state index in [1.54, 1.807) is 24.3 Å². The summed E-state index contributed by atoms with van der Waals surface area (Å²) in [6, 6.07) is 14.2. The van der Waals surface area contributed by atoms with Crippen molar-refractivity contribution < 1.29 is 23.6 Å². The van der Waals surface area contributed by atoms with Gasteiger partial charge in [-0.2, -0.15) is 4.98 Å². The van der Waals surface area contributed by atoms with Gasteiger partial charge in [-0.25, -0.2) is 4.79 Å². The first-order valence-corrected chi connectivity index (χ1v) is 8.30. The molecular formula is C20H18N2O5. The third kappa shape index (κ3) is 5.01. The predicted octanol–water partition coefficient (Wildman–Crippen LogP) is 3.37. The second-order valence-corrected chi connectivity index (χ2v) is 5.91. The summed E-state index contributed by atoms with van der Waals surface area (Å²) in [6.45, 7) is 3.10. The molecule has 27 heavy (non-hydrogen) atoms. The molecule has 0 aliphatic heterocycles. The molecule has 3 rings (SSSR count). The van der Waals surface area contributed by atoms with E-state index in [0.29, 0.717) is 17.2 Å². The normalized spacial score (nSPS) is 10.4. The average Bonchev–Trinajstić information content (AvgIpc) is 3.14. The standard InChI is InChI=1S/C20H18N2O5/c1-13-3-5-16(6-4-13)20-21-18(22-27-20)11-26-19(24)12-25-17-9-7-15(8-10-17)14(2)23/h3-10H,11-12H2,1-2H3. The van der Waals surface area contributed by atoms with Gasteiger partial charge in [0.15, 0.2) is 19.0 Å². The number of ketones is 1. The maximum absolute atomic E-state index is 11.8. The lowest BCUT2D eigenvalue weighted by Gasteiger charge is -2.06. The summed E-state index contributed by atoms with van der Waals surface area (Å²) in [5, 5.41) is 3.80. The van der Waals surface area contributed by atoms with Crippen LogP contribution in [0.4, 0.5) is 0 Å². The number of hydrogen-bond donors (Lipinski definition) is 0. The number of nitrogens with zero attached hydrogens (tertiary/aromatic N) is 2. The SMILES string of the molecule is CC(=O)c1ccc(OCC(=O)OCc2noc(-c3ccc(C)cc3)n2)cc1. The van der Waals surface area contributed by atoms with Crippen LogP contribution in [0.1, 0.15) is 28.7 Å². The molecule has 0 aliphatic carbocycles. The molecule has 0 amide bonds. The molecule has 0 spiro atoms. The Morgan fingerprint density at radius 1 is 1.04 bits per heavy atom. The van der Waals surface area contributed by atoms with Gasteiger partial charge in [0.25, 0.3) is 5.89 Å². The Morgan fingerprint density at radius 3 is 2.41 bits per heavy atom. The predicted molar refractivity (Wildman–Crippen MR) is 96.2 cm³/mol. The van der Waals surface area contributed by atoms with E-state index in [4.69, 9.17) is 14.0 Å². The van der Waals surface area contributed by atoms with Crippen molar-refractivity contribution in [3.8, 4) is 17.2 Å². The smallest absolute Gasteiger partial charge is 0.344 e. The Morgan fingerprint density at radius 2 is 1.74 bits per heavy atom. The van der Waals surface area contributed by atoms with Crippen LogP contribution in [0.2, 0.25) is 0 Å². The Labute approximate surface area is 155 Å². The van der Waals surface area contributed by atoms with Gasteiger partial charge < -0.3 is 14.0 Å². The fourth-order valence-electron chi connectivity index (χ4n) is 2.24. The number of rotatable bonds is 7. The van der Waals surface area contributed by atoms with Gasteiger partial charge in [-0.3, -0.25) is 4.79 Å². The van der Waals surface area contributed by atoms with Crippen LogP contribution in [0.15, 0.2) is 53.1 Å². The zero-order chi connectivity index (χ0) is 19.2. The molecule has 0 saturated heterocycles. The molecule has 7 nitrogen and oxygen atoms in total. The lowest BCUT2D eigenvalue weighted by molar-refractivity contribution is -0.147. The summed E-state index contributed by atoms with van der Waals surface area (Å²) in [5.41, 5.74) is 2.50. The minimum Gasteiger partial charge on any atom is -0.482 e. The number of aromatic nitrogens is 2. The van der Waals surface area contributed by atoms with E-state index in [0.717, 1.165) is 11.1 Å². The Hall–Kier alpha value is -3.48. The molecule has 0 aliphatic rings. The Kier molecular flexibility index (Phi) is 5.61. The first kappa shape index (κ1) is 18.3. The van der Waals surface area contributed by atoms with Gasteiger partial charge in [0.2, 0.25) is 5.82 Å². The Bertz CT molecular complexity index is 930. The van der Waals surface area contributed by atoms with Gasteiger partial charge >= 0.3 is 5.97 Å². The van der Waals surface area contributed by atoms with Crippen molar-refractivity contribution in [1.82, 2.24) is 10.1 Å². The molecule has 0 bridgehead atoms. The largest absolute Gasteiger partial charge is 0.482 e. The number of Topliss-reactive ketones (excluding diaryl/α,β-unsaturated/α-hetero) is 1. The lowest BCUT2D eigenvalue weighted by Crippen LogP contribution is -2.15. The summed E-state index contributed by atoms with van der Waals surface area (Å²) >= 11 is 0. The van der Waals surface area contributed by atoms with Crippen LogP contribution in [0, 0.1) is 6.92 Å². The van der Waals surface area contributed by atoms with Crippen molar-refractivity contribution in [1.29, 1.82) is 0 Å². The zero-order valence-corrected chi connectivity index (χ0v) is 15.0. The summed E-state index contributed by atoms with van der Waals surface area (Å²) in [7, 11) is 0. The highest BCUT2D eigenvalue weighted by Gasteiger charge is 2.11. The molecule has 1 aromatic heterocycles. The number of benzene rings is 2. The van der Waals surface area contributed by atoms with Crippen molar-refractivity contribution in [3.63, 3.8) is 0 Å². The molecule has 138 valence electrons. The molecular weight excluding hydrogens is 348 g/mol. The first-order chi connectivity index (χ1) is 13.0. The number of carbonyl (C=O) groups excluding carboxylic acids is 2. The minimum atomic E-state index is -0.563. The molecule has 0 radical (unpaired) electrons. The number of hydrogen-bond acceptors (Lipinski definition) is 7. The van der Waals surface area contributed by atoms with Crippen molar-refractivity contribution >= 4 is 11.8 Å². The number of aryl methyl sites for hydroxylation is 1. The molecule has 2 aromatic carbocycles. The molecule has 0 atom stereocenters. The van der Waals surface area contributed by atoms with Crippen molar-refractivity contribution in [2.75, 3.05) is 6.61 Å². The van der Waals surface area contributed by atoms with Gasteiger partial charge in [-0.05, 0) is 50.2 Å². The minimum absolute atomic E-state index is 0.0360. The summed E-state index contributed by atoms with van der Waals surface area (Å²) in [5.74, 6) is 0.504. The maximum Gasteiger partial charge on any atom is 0.344 e. The third-order valence-electron chi connectivity index (χ3n) is 3.75. The van der Waals surface area contributed by atoms with Gasteiger partial charge in [0.1, 0.15) is 5.75 Å². The third-order valence-corrected chi connectivity index (χ3v) is 3.75. The zero-order valence-electron chi connectivity index (χ0n) is 15.0. The van der Waals surface area contributed by atoms with Crippen molar-refractivity contribution in [3.05, 3.63) is 65.5 Å². The van der Waals surface area contributed by atoms with E-state index in [1.165, 1.54) is 6.92 Å². The molecule has 0 saturated carbocycles. The topological polar surface area (TPSA) is 91.5 Å². The second-order valence-electron chi connectivity index (χ2n) is 5.91. The molecule has 0 N–H and O–H groups in total. The highest BCUT2D eigenvalue weighted by Crippen LogP contribution is 2.18. The summed E-state index contributed by atoms with van der Waals surface area (Å²) in [4.78, 5) is 27.2. The molecule has 0 fully saturated rings. The van der Waals surface area contributed by atoms with Crippen LogP contribution in [0.25, 0.3) is 11.5 Å². The second kappa shape index (κ2) is 8.27. The molecule has 7 heteroatoms. The van der Waals surface area contributed by atoms with Gasteiger partial charge in [0.05, 0.1) is 0 Å². The molecule has 1 heterocycles. The van der Waals surface area contributed by atoms with Gasteiger partial charge in [-0.1, -0.05) is 22.9 Å². The first-order valence-electron chi connectivity index (χ1n) is 8.30. The number of ether oxygens (including phenoxy) is 2. The highest BCUT2D eigenvalue weighted by atomic mass is 16.6. The van der Waals surface area contributed by atoms with E-state index >= 15 is 0 Å². The van der Waals surface area contributed by atoms with Crippen LogP contribution < -0.4 is 4.74 Å². The van der Waals surface area contributed by atoms with E-state index < -0.39 is 5.97 Å². The monoisotopic (exact) mass is 366 g/mol. The van der Waals surface area contributed by atoms with E-state index in [1.807, 2.05) is 31.2 Å². The fraction of sp³-hybridized carbons (Fsp3) is 0.200. The van der Waals surface area contributed by atoms with Crippen molar-refractivity contribution in [2.24, 2.45) is 0 Å². The Balaban J connectivity index is 1.48. The quantitative estimate of drug-likeness (QED) is 0.467. The summed E-state index contributed by atoms with van der Waals surface area (Å²) < 4.78 is 15.6.